The molecule has 10 rings (SSSR count). The molecule has 0 saturated heterocycles. The second-order valence-corrected chi connectivity index (χ2v) is 14.8. The molecule has 0 fully saturated rings. The molecule has 0 unspecified atom stereocenters. The predicted octanol–water partition coefficient (Wildman–Crippen LogP) is 14.7. The van der Waals surface area contributed by atoms with Gasteiger partial charge in [-0.15, -0.1) is 0 Å². The van der Waals surface area contributed by atoms with E-state index in [1.807, 2.05) is 102 Å². The fourth-order valence-corrected chi connectivity index (χ4v) is 8.67. The molecule has 9 heteroatoms. The number of benzene rings is 8. The highest BCUT2D eigenvalue weighted by atomic mass is 19.4. The molecule has 0 amide bonds. The molecule has 0 bridgehead atoms. The Morgan fingerprint density at radius 2 is 0.903 bits per heavy atom. The first-order valence-corrected chi connectivity index (χ1v) is 19.4. The van der Waals surface area contributed by atoms with Crippen LogP contribution in [-0.2, 0) is 6.18 Å². The molecule has 2 heterocycles. The minimum Gasteiger partial charge on any atom is -0.308 e. The Morgan fingerprint density at radius 3 is 1.37 bits per heavy atom. The second-order valence-electron chi connectivity index (χ2n) is 14.8. The molecule has 0 saturated carbocycles. The zero-order valence-electron chi connectivity index (χ0n) is 32.4. The van der Waals surface area contributed by atoms with Gasteiger partial charge in [0.15, 0.2) is 11.4 Å². The summed E-state index contributed by atoms with van der Waals surface area (Å²) in [5.74, 6) is 0. The zero-order valence-corrected chi connectivity index (χ0v) is 32.4. The van der Waals surface area contributed by atoms with Crippen LogP contribution in [0.1, 0.15) is 16.7 Å². The van der Waals surface area contributed by atoms with Gasteiger partial charge in [-0.3, -0.25) is 0 Å². The lowest BCUT2D eigenvalue weighted by molar-refractivity contribution is -0.137. The molecule has 0 aliphatic rings. The van der Waals surface area contributed by atoms with Crippen LogP contribution in [-0.4, -0.2) is 9.13 Å². The first kappa shape index (κ1) is 37.4. The monoisotopic (exact) mass is 804 g/mol. The van der Waals surface area contributed by atoms with Crippen molar-refractivity contribution in [1.29, 1.82) is 10.5 Å². The van der Waals surface area contributed by atoms with Crippen molar-refractivity contribution in [3.05, 3.63) is 203 Å². The number of nitriles is 2. The summed E-state index contributed by atoms with van der Waals surface area (Å²) in [6.45, 7) is 16.4. The number of fused-ring (bicyclic) bond motifs is 6. The van der Waals surface area contributed by atoms with Gasteiger partial charge in [-0.05, 0) is 106 Å². The highest BCUT2D eigenvalue weighted by Gasteiger charge is 2.36. The summed E-state index contributed by atoms with van der Waals surface area (Å²) in [4.78, 5) is 7.40. The molecule has 0 spiro atoms. The Bertz CT molecular complexity index is 3660. The van der Waals surface area contributed by atoms with Gasteiger partial charge in [-0.25, -0.2) is 9.69 Å². The number of rotatable bonds is 5. The summed E-state index contributed by atoms with van der Waals surface area (Å²) in [5, 5.41) is 22.4. The lowest BCUT2D eigenvalue weighted by atomic mass is 9.94. The van der Waals surface area contributed by atoms with E-state index in [0.29, 0.717) is 22.5 Å². The summed E-state index contributed by atoms with van der Waals surface area (Å²) >= 11 is 0. The van der Waals surface area contributed by atoms with E-state index in [2.05, 4.69) is 38.5 Å². The third-order valence-corrected chi connectivity index (χ3v) is 11.5. The van der Waals surface area contributed by atoms with Crippen LogP contribution < -0.4 is 0 Å². The van der Waals surface area contributed by atoms with Gasteiger partial charge in [-0.1, -0.05) is 91.0 Å². The number of hydrogen-bond donors (Lipinski definition) is 0. The quantitative estimate of drug-likeness (QED) is 0.163. The van der Waals surface area contributed by atoms with Crippen molar-refractivity contribution in [3.63, 3.8) is 0 Å². The fourth-order valence-electron chi connectivity index (χ4n) is 8.67. The van der Waals surface area contributed by atoms with E-state index in [1.54, 1.807) is 36.4 Å². The average Bonchev–Trinajstić information content (AvgIpc) is 3.82. The molecule has 6 nitrogen and oxygen atoms in total. The highest BCUT2D eigenvalue weighted by molar-refractivity contribution is 6.13. The number of para-hydroxylation sites is 2. The maximum absolute atomic E-state index is 14.9. The van der Waals surface area contributed by atoms with Gasteiger partial charge < -0.3 is 9.13 Å². The Labute approximate surface area is 353 Å². The molecule has 10 aromatic rings. The SMILES string of the molecule is [C-]#[N+]c1cc(-n2c3ccccc3c3cc(-c4ccc(C#N)cc4)ccc32)c(-n2c3ccccc3c3cc(-c4ccc(C#N)cc4)ccc32)cc1-c1c([N+]#[C-])cccc1C(F)(F)F. The van der Waals surface area contributed by atoms with E-state index in [0.717, 1.165) is 71.9 Å². The third-order valence-electron chi connectivity index (χ3n) is 11.5. The van der Waals surface area contributed by atoms with Gasteiger partial charge in [0, 0.05) is 21.5 Å². The first-order valence-electron chi connectivity index (χ1n) is 19.4. The van der Waals surface area contributed by atoms with Crippen molar-refractivity contribution in [1.82, 2.24) is 9.13 Å². The fraction of sp³-hybridized carbons (Fsp3) is 0.0189. The van der Waals surface area contributed by atoms with Gasteiger partial charge in [0.1, 0.15) is 0 Å². The molecule has 0 N–H and O–H groups in total. The normalized spacial score (nSPS) is 11.4. The van der Waals surface area contributed by atoms with Crippen molar-refractivity contribution in [2.45, 2.75) is 6.18 Å². The van der Waals surface area contributed by atoms with E-state index >= 15 is 0 Å². The molecule has 62 heavy (non-hydrogen) atoms. The number of aromatic nitrogens is 2. The van der Waals surface area contributed by atoms with E-state index in [4.69, 9.17) is 13.1 Å². The summed E-state index contributed by atoms with van der Waals surface area (Å²) in [6.07, 6.45) is -4.82. The first-order chi connectivity index (χ1) is 30.2. The van der Waals surface area contributed by atoms with Crippen molar-refractivity contribution >= 4 is 55.0 Å². The third kappa shape index (κ3) is 5.93. The van der Waals surface area contributed by atoms with Crippen molar-refractivity contribution < 1.29 is 13.2 Å². The van der Waals surface area contributed by atoms with E-state index < -0.39 is 11.7 Å². The van der Waals surface area contributed by atoms with Crippen LogP contribution in [0.4, 0.5) is 24.5 Å². The van der Waals surface area contributed by atoms with Gasteiger partial charge in [0.2, 0.25) is 0 Å². The van der Waals surface area contributed by atoms with Crippen molar-refractivity contribution in [3.8, 4) is 56.9 Å². The van der Waals surface area contributed by atoms with Crippen LogP contribution in [0.15, 0.2) is 164 Å². The van der Waals surface area contributed by atoms with Gasteiger partial charge in [-0.2, -0.15) is 23.7 Å². The maximum atomic E-state index is 14.9. The standard InChI is InChI=1S/C53H27F3N6/c1-59-44-11-7-10-43(53(54,55)56)52(44)42-28-50(61-46-12-5-3-8-38(46)40-26-36(22-24-48(40)61)34-18-14-32(30-57)15-19-34)51(29-45(42)60-2)62-47-13-6-4-9-39(47)41-27-37(23-25-49(41)62)35-20-16-33(31-58)17-21-35/h3-29H. The Morgan fingerprint density at radius 1 is 0.452 bits per heavy atom. The summed E-state index contributed by atoms with van der Waals surface area (Å²) in [7, 11) is 0. The van der Waals surface area contributed by atoms with E-state index in [9.17, 15) is 23.7 Å². The Balaban J connectivity index is 1.33. The topological polar surface area (TPSA) is 66.2 Å². The largest absolute Gasteiger partial charge is 0.415 e. The molecule has 290 valence electrons. The molecule has 8 aromatic carbocycles. The summed E-state index contributed by atoms with van der Waals surface area (Å²) in [6, 6.07) is 53.7. The molecule has 0 radical (unpaired) electrons. The molecule has 0 aliphatic heterocycles. The molecular weight excluding hydrogens is 778 g/mol. The number of nitrogens with zero attached hydrogens (tertiary/aromatic N) is 6. The molecule has 0 aliphatic carbocycles. The Hall–Kier alpha value is -8.89. The highest BCUT2D eigenvalue weighted by Crippen LogP contribution is 2.49. The van der Waals surface area contributed by atoms with E-state index in [-0.39, 0.29) is 22.5 Å². The smallest absolute Gasteiger partial charge is 0.308 e. The Kier molecular flexibility index (Phi) is 8.70. The van der Waals surface area contributed by atoms with Crippen LogP contribution in [0.3, 0.4) is 0 Å². The summed E-state index contributed by atoms with van der Waals surface area (Å²) < 4.78 is 48.8. The zero-order chi connectivity index (χ0) is 42.7. The minimum atomic E-state index is -4.82. The van der Waals surface area contributed by atoms with Crippen LogP contribution in [0.2, 0.25) is 0 Å². The van der Waals surface area contributed by atoms with Gasteiger partial charge in [0.05, 0.1) is 75.4 Å². The van der Waals surface area contributed by atoms with Crippen molar-refractivity contribution in [2.75, 3.05) is 0 Å². The van der Waals surface area contributed by atoms with Crippen LogP contribution >= 0.6 is 0 Å². The van der Waals surface area contributed by atoms with Gasteiger partial charge in [0.25, 0.3) is 0 Å². The average molecular weight is 805 g/mol. The molecule has 2 aromatic heterocycles. The molecular formula is C53H27F3N6. The number of hydrogen-bond acceptors (Lipinski definition) is 2. The number of halogens is 3. The van der Waals surface area contributed by atoms with Gasteiger partial charge >= 0.3 is 6.18 Å². The number of alkyl halides is 3. The summed E-state index contributed by atoms with van der Waals surface area (Å²) in [5.41, 5.74) is 7.34. The lowest BCUT2D eigenvalue weighted by Gasteiger charge is -2.22. The minimum absolute atomic E-state index is 0.0123. The van der Waals surface area contributed by atoms with Crippen LogP contribution in [0.25, 0.3) is 98.1 Å². The predicted molar refractivity (Wildman–Crippen MR) is 238 cm³/mol. The van der Waals surface area contributed by atoms with Crippen molar-refractivity contribution in [2.24, 2.45) is 0 Å². The lowest BCUT2D eigenvalue weighted by Crippen LogP contribution is -2.08. The molecule has 0 atom stereocenters. The van der Waals surface area contributed by atoms with Crippen LogP contribution in [0, 0.1) is 35.8 Å². The van der Waals surface area contributed by atoms with Crippen LogP contribution in [0.5, 0.6) is 0 Å². The second kappa shape index (κ2) is 14.4. The van der Waals surface area contributed by atoms with E-state index in [1.165, 1.54) is 12.1 Å². The maximum Gasteiger partial charge on any atom is 0.415 e.